The Labute approximate surface area is 300 Å². The molecule has 4 aromatic carbocycles. The summed E-state index contributed by atoms with van der Waals surface area (Å²) in [5, 5.41) is 7.62. The molecule has 0 spiro atoms. The average Bonchev–Trinajstić information content (AvgIpc) is 3.86. The lowest BCUT2D eigenvalue weighted by Crippen LogP contribution is -2.34. The van der Waals surface area contributed by atoms with Crippen molar-refractivity contribution in [1.82, 2.24) is 9.88 Å². The summed E-state index contributed by atoms with van der Waals surface area (Å²) in [5.41, 5.74) is 9.78. The van der Waals surface area contributed by atoms with E-state index in [1.807, 2.05) is 17.4 Å². The van der Waals surface area contributed by atoms with Gasteiger partial charge in [-0.15, -0.1) is 11.3 Å². The second kappa shape index (κ2) is 11.4. The first-order valence-electron chi connectivity index (χ1n) is 18.0. The zero-order valence-corrected chi connectivity index (χ0v) is 28.7. The minimum absolute atomic E-state index is 0.0853. The fraction of sp³-hybridized carbons (Fsp3) is 0.156. The molecule has 6 aromatic rings. The van der Waals surface area contributed by atoms with Crippen molar-refractivity contribution in [2.75, 3.05) is 0 Å². The lowest BCUT2D eigenvalue weighted by atomic mass is 9.88. The number of thiophene rings is 1. The summed E-state index contributed by atoms with van der Waals surface area (Å²) in [6.45, 7) is 0. The molecule has 51 heavy (non-hydrogen) atoms. The molecule has 2 aliphatic heterocycles. The van der Waals surface area contributed by atoms with Gasteiger partial charge in [0.25, 0.3) is 0 Å². The van der Waals surface area contributed by atoms with Gasteiger partial charge >= 0.3 is 0 Å². The number of hydrogen-bond donors (Lipinski definition) is 1. The van der Waals surface area contributed by atoms with E-state index in [0.717, 1.165) is 54.2 Å². The number of fused-ring (bicyclic) bond motifs is 9. The molecule has 0 saturated heterocycles. The van der Waals surface area contributed by atoms with Gasteiger partial charge in [-0.2, -0.15) is 0 Å². The summed E-state index contributed by atoms with van der Waals surface area (Å²) >= 11 is 1.88. The number of rotatable bonds is 4. The molecule has 3 aliphatic carbocycles. The molecule has 0 saturated carbocycles. The zero-order valence-electron chi connectivity index (χ0n) is 27.9. The molecule has 1 N–H and O–H groups in total. The molecule has 0 fully saturated rings. The summed E-state index contributed by atoms with van der Waals surface area (Å²) in [7, 11) is 0. The second-order valence-electron chi connectivity index (χ2n) is 13.9. The zero-order chi connectivity index (χ0) is 33.5. The molecule has 3 unspecified atom stereocenters. The average molecular weight is 679 g/mol. The Hall–Kier alpha value is -5.72. The lowest BCUT2D eigenvalue weighted by molar-refractivity contribution is 0.268. The van der Waals surface area contributed by atoms with Crippen LogP contribution < -0.4 is 10.1 Å². The van der Waals surface area contributed by atoms with Crippen LogP contribution in [0.4, 0.5) is 0 Å². The smallest absolute Gasteiger partial charge is 0.159 e. The predicted molar refractivity (Wildman–Crippen MR) is 212 cm³/mol. The van der Waals surface area contributed by atoms with Gasteiger partial charge in [0.05, 0.1) is 11.2 Å². The number of aliphatic imine (C=N–C) groups is 2. The fourth-order valence-electron chi connectivity index (χ4n) is 8.54. The van der Waals surface area contributed by atoms with E-state index in [4.69, 9.17) is 14.7 Å². The van der Waals surface area contributed by atoms with Gasteiger partial charge in [0.15, 0.2) is 5.84 Å². The molecule has 11 rings (SSSR count). The topological polar surface area (TPSA) is 50.9 Å². The van der Waals surface area contributed by atoms with E-state index in [2.05, 4.69) is 137 Å². The summed E-state index contributed by atoms with van der Waals surface area (Å²) in [4.78, 5) is 10.3. The van der Waals surface area contributed by atoms with Crippen molar-refractivity contribution in [2.45, 2.75) is 43.9 Å². The van der Waals surface area contributed by atoms with Crippen LogP contribution in [0.1, 0.15) is 53.7 Å². The van der Waals surface area contributed by atoms with Gasteiger partial charge in [-0.25, -0.2) is 9.98 Å². The van der Waals surface area contributed by atoms with Gasteiger partial charge in [0.1, 0.15) is 23.9 Å². The highest BCUT2D eigenvalue weighted by Gasteiger charge is 2.38. The highest BCUT2D eigenvalue weighted by molar-refractivity contribution is 7.25. The molecule has 6 heteroatoms. The van der Waals surface area contributed by atoms with Crippen LogP contribution in [0, 0.1) is 0 Å². The van der Waals surface area contributed by atoms with Gasteiger partial charge in [0.2, 0.25) is 0 Å². The lowest BCUT2D eigenvalue weighted by Gasteiger charge is -2.27. The maximum Gasteiger partial charge on any atom is 0.159 e. The van der Waals surface area contributed by atoms with Crippen LogP contribution in [0.25, 0.3) is 42.8 Å². The van der Waals surface area contributed by atoms with Crippen LogP contribution in [0.15, 0.2) is 149 Å². The molecule has 4 heterocycles. The summed E-state index contributed by atoms with van der Waals surface area (Å²) in [5.74, 6) is 2.68. The predicted octanol–water partition coefficient (Wildman–Crippen LogP) is 10.7. The third-order valence-corrected chi connectivity index (χ3v) is 12.1. The van der Waals surface area contributed by atoms with Crippen LogP contribution in [0.2, 0.25) is 0 Å². The minimum Gasteiger partial charge on any atom is -0.485 e. The molecule has 3 atom stereocenters. The van der Waals surface area contributed by atoms with Crippen LogP contribution >= 0.6 is 11.3 Å². The number of benzene rings is 4. The normalized spacial score (nSPS) is 21.8. The molecule has 5 aliphatic rings. The van der Waals surface area contributed by atoms with Gasteiger partial charge in [-0.3, -0.25) is 0 Å². The van der Waals surface area contributed by atoms with Gasteiger partial charge in [-0.1, -0.05) is 97.1 Å². The van der Waals surface area contributed by atoms with Crippen LogP contribution in [-0.4, -0.2) is 22.3 Å². The maximum atomic E-state index is 6.80. The molecule has 2 aromatic heterocycles. The van der Waals surface area contributed by atoms with Crippen LogP contribution in [0.3, 0.4) is 0 Å². The molecule has 0 amide bonds. The molecular formula is C45H34N4OS. The third kappa shape index (κ3) is 4.59. The van der Waals surface area contributed by atoms with Crippen LogP contribution in [0.5, 0.6) is 5.75 Å². The van der Waals surface area contributed by atoms with E-state index in [0.29, 0.717) is 0 Å². The third-order valence-electron chi connectivity index (χ3n) is 10.9. The van der Waals surface area contributed by atoms with E-state index >= 15 is 0 Å². The van der Waals surface area contributed by atoms with Crippen molar-refractivity contribution in [1.29, 1.82) is 0 Å². The van der Waals surface area contributed by atoms with Gasteiger partial charge in [-0.05, 0) is 73.2 Å². The number of ether oxygens (including phenoxy) is 1. The number of allylic oxidation sites excluding steroid dienone is 4. The van der Waals surface area contributed by atoms with Crippen molar-refractivity contribution in [3.8, 4) is 11.4 Å². The van der Waals surface area contributed by atoms with Crippen molar-refractivity contribution < 1.29 is 4.74 Å². The fourth-order valence-corrected chi connectivity index (χ4v) is 9.66. The Kier molecular flexibility index (Phi) is 6.50. The monoisotopic (exact) mass is 678 g/mol. The van der Waals surface area contributed by atoms with Gasteiger partial charge < -0.3 is 14.6 Å². The highest BCUT2D eigenvalue weighted by Crippen LogP contribution is 2.48. The first kappa shape index (κ1) is 29.1. The summed E-state index contributed by atoms with van der Waals surface area (Å²) in [6.07, 6.45) is 21.6. The Balaban J connectivity index is 1.01. The number of aromatic nitrogens is 1. The number of hydrogen-bond acceptors (Lipinski definition) is 5. The van der Waals surface area contributed by atoms with E-state index in [1.165, 1.54) is 59.2 Å². The van der Waals surface area contributed by atoms with E-state index in [9.17, 15) is 0 Å². The van der Waals surface area contributed by atoms with Crippen molar-refractivity contribution >= 4 is 60.2 Å². The number of nitrogens with one attached hydrogen (secondary N) is 1. The Morgan fingerprint density at radius 1 is 0.824 bits per heavy atom. The molecular weight excluding hydrogens is 645 g/mol. The van der Waals surface area contributed by atoms with E-state index < -0.39 is 0 Å². The first-order chi connectivity index (χ1) is 25.3. The molecule has 246 valence electrons. The number of amidine groups is 2. The largest absolute Gasteiger partial charge is 0.485 e. The summed E-state index contributed by atoms with van der Waals surface area (Å²) < 4.78 is 12.0. The Bertz CT molecular complexity index is 2660. The first-order valence-corrected chi connectivity index (χ1v) is 18.8. The van der Waals surface area contributed by atoms with E-state index in [-0.39, 0.29) is 18.2 Å². The van der Waals surface area contributed by atoms with Crippen molar-refractivity contribution in [3.63, 3.8) is 0 Å². The second-order valence-corrected chi connectivity index (χ2v) is 15.0. The van der Waals surface area contributed by atoms with Crippen molar-refractivity contribution in [3.05, 3.63) is 161 Å². The van der Waals surface area contributed by atoms with Crippen LogP contribution in [-0.2, 0) is 6.42 Å². The Morgan fingerprint density at radius 3 is 2.65 bits per heavy atom. The van der Waals surface area contributed by atoms with Crippen molar-refractivity contribution in [2.24, 2.45) is 9.98 Å². The molecule has 5 nitrogen and oxygen atoms in total. The van der Waals surface area contributed by atoms with Gasteiger partial charge in [0, 0.05) is 53.9 Å². The number of nitrogens with zero attached hydrogens (tertiary/aromatic N) is 3. The molecule has 0 bridgehead atoms. The quantitative estimate of drug-likeness (QED) is 0.202. The minimum atomic E-state index is -0.213. The standard InChI is InChI=1S/C45H34N4OS/c1-3-12-27(13-4-1)43-46-44(28-14-5-2-6-15-28)48-45(47-43)29-22-23-32-39(24-29)50-38-20-11-19-36(42(32)38)49-35-18-9-7-16-30(35)33-25-34-31-17-8-10-21-40(31)51-41(34)26-37(33)49/h1-5,7-8,10-14,16-17,19-26,32,39,43H,6,9,15,18H2,(H,46,47,48). The highest BCUT2D eigenvalue weighted by atomic mass is 32.1. The maximum absolute atomic E-state index is 6.80. The summed E-state index contributed by atoms with van der Waals surface area (Å²) in [6, 6.07) is 30.6. The van der Waals surface area contributed by atoms with E-state index in [1.54, 1.807) is 0 Å². The molecule has 0 radical (unpaired) electrons. The SMILES string of the molecule is C1=CCCC(C2=NC(C3=CC4Oc5cccc(-n6c7c(c8cc9c(cc86)sc6ccccc69)C=CCC7)c5C4C=C3)=NC(c3ccccc3)N2)=C1. The Morgan fingerprint density at radius 2 is 1.73 bits per heavy atom.